The summed E-state index contributed by atoms with van der Waals surface area (Å²) in [6.45, 7) is 4.78. The molecule has 0 radical (unpaired) electrons. The number of pyridine rings is 1. The summed E-state index contributed by atoms with van der Waals surface area (Å²) in [7, 11) is 0. The Hall–Kier alpha value is -1.75. The van der Waals surface area contributed by atoms with Gasteiger partial charge in [0.1, 0.15) is 0 Å². The number of aliphatic hydroxyl groups is 1. The van der Waals surface area contributed by atoms with E-state index in [-0.39, 0.29) is 11.6 Å². The molecule has 1 spiro atoms. The molecule has 0 bridgehead atoms. The van der Waals surface area contributed by atoms with E-state index in [9.17, 15) is 5.11 Å². The van der Waals surface area contributed by atoms with Gasteiger partial charge in [-0.1, -0.05) is 36.4 Å². The van der Waals surface area contributed by atoms with Crippen molar-refractivity contribution in [3.05, 3.63) is 66.0 Å². The summed E-state index contributed by atoms with van der Waals surface area (Å²) < 4.78 is 0. The Labute approximate surface area is 156 Å². The predicted molar refractivity (Wildman–Crippen MR) is 104 cm³/mol. The molecule has 0 amide bonds. The minimum absolute atomic E-state index is 0.0185. The minimum Gasteiger partial charge on any atom is -0.390 e. The van der Waals surface area contributed by atoms with Gasteiger partial charge in [-0.05, 0) is 49.9 Å². The summed E-state index contributed by atoms with van der Waals surface area (Å²) in [5.74, 6) is 0. The van der Waals surface area contributed by atoms with Gasteiger partial charge in [0, 0.05) is 37.9 Å². The van der Waals surface area contributed by atoms with E-state index in [0.717, 1.165) is 57.7 Å². The standard InChI is InChI=1S/C22H29N3O/c26-21-18-24(17-20-9-4-5-13-23-20)16-12-22(21)11-6-14-25(22)15-10-19-7-2-1-3-8-19/h1-5,7-9,13,21,26H,6,10-12,14-18H2/t21-,22-/m0/s1. The zero-order chi connectivity index (χ0) is 17.8. The Kier molecular flexibility index (Phi) is 5.34. The number of aromatic nitrogens is 1. The van der Waals surface area contributed by atoms with Gasteiger partial charge in [-0.25, -0.2) is 0 Å². The van der Waals surface area contributed by atoms with Gasteiger partial charge >= 0.3 is 0 Å². The van der Waals surface area contributed by atoms with Crippen molar-refractivity contribution in [2.75, 3.05) is 26.2 Å². The molecule has 0 saturated carbocycles. The van der Waals surface area contributed by atoms with Gasteiger partial charge in [0.05, 0.1) is 11.8 Å². The zero-order valence-electron chi connectivity index (χ0n) is 15.4. The predicted octanol–water partition coefficient (Wildman–Crippen LogP) is 2.73. The van der Waals surface area contributed by atoms with Gasteiger partial charge in [0.15, 0.2) is 0 Å². The molecule has 1 N–H and O–H groups in total. The molecule has 2 aromatic rings. The third kappa shape index (κ3) is 3.68. The van der Waals surface area contributed by atoms with Gasteiger partial charge in [-0.3, -0.25) is 14.8 Å². The first kappa shape index (κ1) is 17.7. The van der Waals surface area contributed by atoms with E-state index in [1.807, 2.05) is 18.3 Å². The number of aliphatic hydroxyl groups excluding tert-OH is 1. The highest BCUT2D eigenvalue weighted by molar-refractivity contribution is 5.16. The fourth-order valence-electron chi connectivity index (χ4n) is 4.75. The van der Waals surface area contributed by atoms with Crippen molar-refractivity contribution in [1.29, 1.82) is 0 Å². The molecule has 4 heteroatoms. The normalized spacial score (nSPS) is 27.2. The maximum absolute atomic E-state index is 11.1. The van der Waals surface area contributed by atoms with E-state index < -0.39 is 0 Å². The molecular weight excluding hydrogens is 322 g/mol. The van der Waals surface area contributed by atoms with E-state index >= 15 is 0 Å². The van der Waals surface area contributed by atoms with Crippen molar-refractivity contribution in [1.82, 2.24) is 14.8 Å². The molecule has 138 valence electrons. The number of rotatable bonds is 5. The van der Waals surface area contributed by atoms with Crippen LogP contribution in [0.15, 0.2) is 54.7 Å². The number of piperidine rings is 1. The van der Waals surface area contributed by atoms with E-state index in [2.05, 4.69) is 51.2 Å². The average molecular weight is 351 g/mol. The van der Waals surface area contributed by atoms with Crippen LogP contribution in [0.4, 0.5) is 0 Å². The summed E-state index contributed by atoms with van der Waals surface area (Å²) in [5.41, 5.74) is 2.45. The van der Waals surface area contributed by atoms with Crippen LogP contribution in [0, 0.1) is 0 Å². The van der Waals surface area contributed by atoms with Crippen molar-refractivity contribution in [2.45, 2.75) is 43.9 Å². The number of nitrogens with zero attached hydrogens (tertiary/aromatic N) is 3. The second kappa shape index (κ2) is 7.87. The summed E-state index contributed by atoms with van der Waals surface area (Å²) in [5, 5.41) is 11.1. The first-order chi connectivity index (χ1) is 12.8. The minimum atomic E-state index is -0.279. The maximum Gasteiger partial charge on any atom is 0.0851 e. The Bertz CT molecular complexity index is 693. The maximum atomic E-state index is 11.1. The highest BCUT2D eigenvalue weighted by Crippen LogP contribution is 2.39. The van der Waals surface area contributed by atoms with Crippen molar-refractivity contribution >= 4 is 0 Å². The lowest BCUT2D eigenvalue weighted by Gasteiger charge is -2.48. The van der Waals surface area contributed by atoms with Gasteiger partial charge in [0.25, 0.3) is 0 Å². The quantitative estimate of drug-likeness (QED) is 0.899. The molecule has 4 nitrogen and oxygen atoms in total. The summed E-state index contributed by atoms with van der Waals surface area (Å²) >= 11 is 0. The first-order valence-electron chi connectivity index (χ1n) is 9.86. The fourth-order valence-corrected chi connectivity index (χ4v) is 4.75. The molecule has 0 unspecified atom stereocenters. The number of β-amino-alcohol motifs (C(OH)–C–C–N with tert-alkyl or cyclic N) is 1. The van der Waals surface area contributed by atoms with Crippen molar-refractivity contribution < 1.29 is 5.11 Å². The molecule has 1 aromatic carbocycles. The van der Waals surface area contributed by atoms with E-state index in [4.69, 9.17) is 0 Å². The lowest BCUT2D eigenvalue weighted by atomic mass is 9.82. The van der Waals surface area contributed by atoms with Crippen LogP contribution in [-0.4, -0.2) is 57.7 Å². The Morgan fingerprint density at radius 3 is 2.65 bits per heavy atom. The van der Waals surface area contributed by atoms with Crippen LogP contribution in [0.25, 0.3) is 0 Å². The van der Waals surface area contributed by atoms with Gasteiger partial charge in [-0.15, -0.1) is 0 Å². The number of hydrogen-bond acceptors (Lipinski definition) is 4. The monoisotopic (exact) mass is 351 g/mol. The van der Waals surface area contributed by atoms with Crippen molar-refractivity contribution in [2.24, 2.45) is 0 Å². The fraction of sp³-hybridized carbons (Fsp3) is 0.500. The lowest BCUT2D eigenvalue weighted by molar-refractivity contribution is -0.0651. The molecule has 2 aliphatic rings. The lowest BCUT2D eigenvalue weighted by Crippen LogP contribution is -2.61. The van der Waals surface area contributed by atoms with Crippen LogP contribution in [0.2, 0.25) is 0 Å². The largest absolute Gasteiger partial charge is 0.390 e. The first-order valence-corrected chi connectivity index (χ1v) is 9.86. The molecule has 2 saturated heterocycles. The topological polar surface area (TPSA) is 39.6 Å². The number of hydrogen-bond donors (Lipinski definition) is 1. The number of benzene rings is 1. The van der Waals surface area contributed by atoms with Crippen LogP contribution in [0.1, 0.15) is 30.5 Å². The number of likely N-dealkylation sites (tertiary alicyclic amines) is 2. The summed E-state index contributed by atoms with van der Waals surface area (Å²) in [4.78, 5) is 9.36. The Balaban J connectivity index is 1.38. The van der Waals surface area contributed by atoms with Crippen LogP contribution in [-0.2, 0) is 13.0 Å². The van der Waals surface area contributed by atoms with E-state index in [1.54, 1.807) is 0 Å². The highest BCUT2D eigenvalue weighted by atomic mass is 16.3. The molecule has 2 fully saturated rings. The van der Waals surface area contributed by atoms with Gasteiger partial charge in [0.2, 0.25) is 0 Å². The second-order valence-corrected chi connectivity index (χ2v) is 7.75. The molecular formula is C22H29N3O. The highest BCUT2D eigenvalue weighted by Gasteiger charge is 2.48. The third-order valence-corrected chi connectivity index (χ3v) is 6.20. The van der Waals surface area contributed by atoms with Gasteiger partial charge in [-0.2, -0.15) is 0 Å². The second-order valence-electron chi connectivity index (χ2n) is 7.75. The molecule has 0 aliphatic carbocycles. The van der Waals surface area contributed by atoms with Crippen LogP contribution in [0.5, 0.6) is 0 Å². The summed E-state index contributed by atoms with van der Waals surface area (Å²) in [6.07, 6.45) is 6.01. The molecule has 2 atom stereocenters. The molecule has 2 aliphatic heterocycles. The Morgan fingerprint density at radius 1 is 1.04 bits per heavy atom. The summed E-state index contributed by atoms with van der Waals surface area (Å²) in [6, 6.07) is 16.8. The SMILES string of the molecule is O[C@H]1CN(Cc2ccccn2)CC[C@@]12CCCN2CCc1ccccc1. The third-order valence-electron chi connectivity index (χ3n) is 6.20. The van der Waals surface area contributed by atoms with Crippen LogP contribution >= 0.6 is 0 Å². The van der Waals surface area contributed by atoms with Crippen molar-refractivity contribution in [3.63, 3.8) is 0 Å². The van der Waals surface area contributed by atoms with E-state index in [1.165, 1.54) is 12.0 Å². The van der Waals surface area contributed by atoms with Crippen molar-refractivity contribution in [3.8, 4) is 0 Å². The zero-order valence-corrected chi connectivity index (χ0v) is 15.4. The smallest absolute Gasteiger partial charge is 0.0851 e. The average Bonchev–Trinajstić information content (AvgIpc) is 3.09. The van der Waals surface area contributed by atoms with Gasteiger partial charge < -0.3 is 5.11 Å². The molecule has 1 aromatic heterocycles. The van der Waals surface area contributed by atoms with E-state index in [0.29, 0.717) is 0 Å². The Morgan fingerprint density at radius 2 is 1.88 bits per heavy atom. The molecule has 4 rings (SSSR count). The van der Waals surface area contributed by atoms with Crippen LogP contribution in [0.3, 0.4) is 0 Å². The molecule has 3 heterocycles. The van der Waals surface area contributed by atoms with Crippen LogP contribution < -0.4 is 0 Å². The molecule has 26 heavy (non-hydrogen) atoms.